The Balaban J connectivity index is 1.35. The molecule has 7 rings (SSSR count). The number of benzene rings is 5. The largest absolute Gasteiger partial charge is 0.497 e. The van der Waals surface area contributed by atoms with Gasteiger partial charge in [0.1, 0.15) is 28.4 Å². The molecule has 0 aliphatic heterocycles. The Morgan fingerprint density at radius 2 is 1.37 bits per heavy atom. The summed E-state index contributed by atoms with van der Waals surface area (Å²) in [5.41, 5.74) is 1.16. The lowest BCUT2D eigenvalue weighted by molar-refractivity contribution is -0.171. The van der Waals surface area contributed by atoms with Crippen LogP contribution in [-0.2, 0) is 24.2 Å². The van der Waals surface area contributed by atoms with Crippen LogP contribution in [-0.4, -0.2) is 68.4 Å². The van der Waals surface area contributed by atoms with Crippen LogP contribution in [0.15, 0.2) is 143 Å². The van der Waals surface area contributed by atoms with Gasteiger partial charge in [-0.25, -0.2) is 4.67 Å². The summed E-state index contributed by atoms with van der Waals surface area (Å²) in [5, 5.41) is 9.47. The maximum absolute atomic E-state index is 14.9. The van der Waals surface area contributed by atoms with E-state index < -0.39 is 49.7 Å². The number of nitriles is 1. The van der Waals surface area contributed by atoms with Crippen molar-refractivity contribution in [1.29, 1.82) is 5.26 Å². The average Bonchev–Trinajstić information content (AvgIpc) is 3.73. The number of hydrogen-bond donors (Lipinski definition) is 0. The summed E-state index contributed by atoms with van der Waals surface area (Å²) >= 11 is 0. The van der Waals surface area contributed by atoms with Crippen LogP contribution in [0.25, 0.3) is 22.3 Å². The molecule has 1 heterocycles. The molecule has 15 heteroatoms. The summed E-state index contributed by atoms with van der Waals surface area (Å²) in [7, 11) is 1.26. The zero-order valence-corrected chi connectivity index (χ0v) is 39.7. The van der Waals surface area contributed by atoms with Crippen LogP contribution in [0.4, 0.5) is 18.9 Å². The second kappa shape index (κ2) is 21.9. The lowest BCUT2D eigenvalue weighted by Gasteiger charge is -2.39. The van der Waals surface area contributed by atoms with Crippen LogP contribution in [0, 0.1) is 17.2 Å². The molecule has 1 amide bonds. The van der Waals surface area contributed by atoms with Gasteiger partial charge in [-0.05, 0) is 99.7 Å². The molecule has 1 unspecified atom stereocenters. The molecular weight excluding hydrogens is 895 g/mol. The molecule has 1 aliphatic carbocycles. The molecule has 1 saturated carbocycles. The predicted octanol–water partition coefficient (Wildman–Crippen LogP) is 11.8. The Hall–Kier alpha value is -6.07. The van der Waals surface area contributed by atoms with Gasteiger partial charge in [0.05, 0.1) is 51.4 Å². The molecule has 0 N–H and O–H groups in total. The van der Waals surface area contributed by atoms with Crippen molar-refractivity contribution in [2.75, 3.05) is 32.3 Å². The average molecular weight is 950 g/mol. The van der Waals surface area contributed by atoms with E-state index in [0.29, 0.717) is 22.8 Å². The van der Waals surface area contributed by atoms with E-state index in [1.807, 2.05) is 117 Å². The maximum Gasteiger partial charge on any atom is 0.471 e. The second-order valence-electron chi connectivity index (χ2n) is 17.1. The minimum atomic E-state index is -5.29. The first-order valence-electron chi connectivity index (χ1n) is 22.5. The van der Waals surface area contributed by atoms with Gasteiger partial charge in [0.15, 0.2) is 5.43 Å². The lowest BCUT2D eigenvalue weighted by Crippen LogP contribution is -2.47. The van der Waals surface area contributed by atoms with E-state index >= 15 is 0 Å². The molecule has 5 aromatic carbocycles. The Labute approximate surface area is 395 Å². The summed E-state index contributed by atoms with van der Waals surface area (Å²) in [6, 6.07) is 39.8. The highest BCUT2D eigenvalue weighted by Crippen LogP contribution is 2.52. The first-order valence-corrected chi connectivity index (χ1v) is 23.6. The summed E-state index contributed by atoms with van der Waals surface area (Å²) in [4.78, 5) is 28.2. The highest BCUT2D eigenvalue weighted by molar-refractivity contribution is 7.44. The zero-order chi connectivity index (χ0) is 48.6. The van der Waals surface area contributed by atoms with Crippen molar-refractivity contribution in [3.8, 4) is 28.9 Å². The van der Waals surface area contributed by atoms with Crippen LogP contribution >= 0.6 is 8.53 Å². The quantitative estimate of drug-likeness (QED) is 0.0440. The number of carbonyl (C=O) groups excluding carboxylic acids is 1. The first kappa shape index (κ1) is 49.8. The van der Waals surface area contributed by atoms with Crippen molar-refractivity contribution in [3.63, 3.8) is 0 Å². The lowest BCUT2D eigenvalue weighted by atomic mass is 9.79. The molecule has 11 nitrogen and oxygen atoms in total. The van der Waals surface area contributed by atoms with Crippen LogP contribution < -0.4 is 19.8 Å². The van der Waals surface area contributed by atoms with Crippen molar-refractivity contribution in [1.82, 2.24) is 4.67 Å². The molecule has 1 aliphatic rings. The van der Waals surface area contributed by atoms with Gasteiger partial charge < -0.3 is 32.6 Å². The number of alkyl halides is 3. The fourth-order valence-corrected chi connectivity index (χ4v) is 10.8. The van der Waals surface area contributed by atoms with E-state index in [0.717, 1.165) is 21.6 Å². The highest BCUT2D eigenvalue weighted by atomic mass is 31.2. The van der Waals surface area contributed by atoms with Gasteiger partial charge in [0.25, 0.3) is 8.53 Å². The maximum atomic E-state index is 14.9. The van der Waals surface area contributed by atoms with E-state index in [9.17, 15) is 28.0 Å². The smallest absolute Gasteiger partial charge is 0.471 e. The molecular formula is C53H55F3N3O8P. The molecule has 356 valence electrons. The van der Waals surface area contributed by atoms with Crippen molar-refractivity contribution < 1.29 is 45.6 Å². The normalized spacial score (nSPS) is 16.8. The first-order chi connectivity index (χ1) is 32.7. The number of amides is 1. The highest BCUT2D eigenvalue weighted by Gasteiger charge is 2.50. The minimum Gasteiger partial charge on any atom is -0.497 e. The summed E-state index contributed by atoms with van der Waals surface area (Å²) in [6.07, 6.45) is -6.07. The van der Waals surface area contributed by atoms with E-state index in [2.05, 4.69) is 6.07 Å². The topological polar surface area (TPSA) is 124 Å². The third-order valence-corrected chi connectivity index (χ3v) is 14.2. The molecule has 0 saturated heterocycles. The Kier molecular flexibility index (Phi) is 16.1. The molecule has 1 fully saturated rings. The molecule has 0 bridgehead atoms. The zero-order valence-electron chi connectivity index (χ0n) is 38.8. The number of fused-ring (bicyclic) bond motifs is 1. The number of hydrogen-bond acceptors (Lipinski definition) is 10. The van der Waals surface area contributed by atoms with Gasteiger partial charge in [-0.15, -0.1) is 0 Å². The molecule has 0 spiro atoms. The standard InChI is InChI=1S/C53H55F3N3O8P/c1-35(2)59(36(3)4)68(65-29-13-28-57)67-50-32-43(58(51(61)53(54,55)56)42-22-27-48-46(31-42)47(60)33-49(66-48)37-14-9-7-10-15-37)30-38(50)34-64-52(39-16-11-8-12-17-39,40-18-23-44(62-5)24-19-40)41-20-25-45(63-6)26-21-41/h7-12,14-27,31,33,35-36,38,43,50H,13,29-30,32,34H2,1-6H3/t38-,43-,50+,68?/m1/s1. The van der Waals surface area contributed by atoms with Gasteiger partial charge in [0, 0.05) is 41.4 Å². The van der Waals surface area contributed by atoms with Crippen molar-refractivity contribution in [2.45, 2.75) is 83.0 Å². The summed E-state index contributed by atoms with van der Waals surface area (Å²) in [5.74, 6) is -1.19. The fourth-order valence-electron chi connectivity index (χ4n) is 8.96. The number of nitrogens with zero attached hydrogens (tertiary/aromatic N) is 3. The minimum absolute atomic E-state index is 0.00684. The van der Waals surface area contributed by atoms with Crippen molar-refractivity contribution >= 4 is 31.1 Å². The third kappa shape index (κ3) is 10.9. The van der Waals surface area contributed by atoms with E-state index in [-0.39, 0.29) is 61.2 Å². The second-order valence-corrected chi connectivity index (χ2v) is 18.5. The summed E-state index contributed by atoms with van der Waals surface area (Å²) in [6.45, 7) is 7.97. The Morgan fingerprint density at radius 3 is 1.91 bits per heavy atom. The van der Waals surface area contributed by atoms with Crippen LogP contribution in [0.3, 0.4) is 0 Å². The Bertz CT molecular complexity index is 2660. The number of carbonyl (C=O) groups is 1. The van der Waals surface area contributed by atoms with Gasteiger partial charge in [-0.1, -0.05) is 84.9 Å². The van der Waals surface area contributed by atoms with E-state index in [1.54, 1.807) is 38.5 Å². The summed E-state index contributed by atoms with van der Waals surface area (Å²) < 4.78 is 84.6. The van der Waals surface area contributed by atoms with E-state index in [1.165, 1.54) is 24.3 Å². The van der Waals surface area contributed by atoms with E-state index in [4.69, 9.17) is 27.7 Å². The molecule has 4 atom stereocenters. The fraction of sp³-hybridized carbons (Fsp3) is 0.340. The number of halogens is 3. The van der Waals surface area contributed by atoms with Gasteiger partial charge in [-0.2, -0.15) is 18.4 Å². The predicted molar refractivity (Wildman–Crippen MR) is 256 cm³/mol. The van der Waals surface area contributed by atoms with Gasteiger partial charge in [-0.3, -0.25) is 9.59 Å². The van der Waals surface area contributed by atoms with Crippen LogP contribution in [0.5, 0.6) is 11.5 Å². The third-order valence-electron chi connectivity index (χ3n) is 12.1. The van der Waals surface area contributed by atoms with Crippen molar-refractivity contribution in [3.05, 3.63) is 160 Å². The Morgan fingerprint density at radius 1 is 0.794 bits per heavy atom. The van der Waals surface area contributed by atoms with Crippen LogP contribution in [0.2, 0.25) is 0 Å². The number of anilines is 1. The molecule has 1 aromatic heterocycles. The number of methoxy groups -OCH3 is 2. The molecule has 6 aromatic rings. The van der Waals surface area contributed by atoms with Crippen LogP contribution in [0.1, 0.15) is 63.6 Å². The SMILES string of the molecule is COc1ccc(C(OC[C@H]2C[C@@H](N(C(=O)C(F)(F)F)c3ccc4oc(-c5ccccc5)cc(=O)c4c3)C[C@@H]2OP(OCCC#N)N(C(C)C)C(C)C)(c2ccccc2)c2ccc(OC)cc2)cc1. The molecule has 68 heavy (non-hydrogen) atoms. The number of ether oxygens (including phenoxy) is 3. The van der Waals surface area contributed by atoms with Crippen molar-refractivity contribution in [2.24, 2.45) is 5.92 Å². The monoisotopic (exact) mass is 949 g/mol. The molecule has 0 radical (unpaired) electrons. The van der Waals surface area contributed by atoms with Gasteiger partial charge in [0.2, 0.25) is 0 Å². The van der Waals surface area contributed by atoms with Gasteiger partial charge >= 0.3 is 12.1 Å². The number of rotatable bonds is 19.